The Labute approximate surface area is 131 Å². The molecule has 0 atom stereocenters. The topological polar surface area (TPSA) is 71.5 Å². The fourth-order valence-corrected chi connectivity index (χ4v) is 3.25. The Kier molecular flexibility index (Phi) is 3.15. The van der Waals surface area contributed by atoms with Crippen LogP contribution < -0.4 is 5.56 Å². The van der Waals surface area contributed by atoms with Gasteiger partial charge in [0.25, 0.3) is 5.56 Å². The Bertz CT molecular complexity index is 918. The summed E-state index contributed by atoms with van der Waals surface area (Å²) in [6.07, 6.45) is 4.07. The SMILES string of the molecule is O=c1[nH]nnc2nc3c(c(-c4ccc(Cl)cc4)c12)CCCC3. The first-order chi connectivity index (χ1) is 10.7. The van der Waals surface area contributed by atoms with Crippen LogP contribution in [0.5, 0.6) is 0 Å². The van der Waals surface area contributed by atoms with Gasteiger partial charge in [-0.25, -0.2) is 10.1 Å². The van der Waals surface area contributed by atoms with E-state index in [1.54, 1.807) is 0 Å². The van der Waals surface area contributed by atoms with Crippen molar-refractivity contribution in [1.29, 1.82) is 0 Å². The van der Waals surface area contributed by atoms with Gasteiger partial charge in [0.2, 0.25) is 0 Å². The van der Waals surface area contributed by atoms with Crippen LogP contribution >= 0.6 is 11.6 Å². The summed E-state index contributed by atoms with van der Waals surface area (Å²) in [4.78, 5) is 16.9. The molecular weight excluding hydrogens is 300 g/mol. The number of benzene rings is 1. The predicted octanol–water partition coefficient (Wildman–Crippen LogP) is 2.91. The summed E-state index contributed by atoms with van der Waals surface area (Å²) < 4.78 is 0. The molecule has 110 valence electrons. The third-order valence-corrected chi connectivity index (χ3v) is 4.36. The first-order valence-electron chi connectivity index (χ1n) is 7.27. The summed E-state index contributed by atoms with van der Waals surface area (Å²) >= 11 is 5.99. The van der Waals surface area contributed by atoms with Gasteiger partial charge in [0.15, 0.2) is 5.65 Å². The minimum absolute atomic E-state index is 0.254. The van der Waals surface area contributed by atoms with E-state index in [9.17, 15) is 4.79 Å². The third kappa shape index (κ3) is 2.09. The molecule has 0 bridgehead atoms. The van der Waals surface area contributed by atoms with Gasteiger partial charge in [0, 0.05) is 16.3 Å². The van der Waals surface area contributed by atoms with Crippen LogP contribution in [0.25, 0.3) is 22.2 Å². The van der Waals surface area contributed by atoms with Gasteiger partial charge >= 0.3 is 0 Å². The van der Waals surface area contributed by atoms with Gasteiger partial charge in [-0.1, -0.05) is 28.9 Å². The molecule has 0 amide bonds. The Morgan fingerprint density at radius 2 is 1.86 bits per heavy atom. The number of fused-ring (bicyclic) bond motifs is 2. The Balaban J connectivity index is 2.13. The average Bonchev–Trinajstić information content (AvgIpc) is 2.54. The Morgan fingerprint density at radius 1 is 1.09 bits per heavy atom. The van der Waals surface area contributed by atoms with E-state index in [2.05, 4.69) is 20.4 Å². The van der Waals surface area contributed by atoms with E-state index in [4.69, 9.17) is 11.6 Å². The van der Waals surface area contributed by atoms with Crippen LogP contribution in [0.2, 0.25) is 5.02 Å². The normalized spacial score (nSPS) is 14.0. The van der Waals surface area contributed by atoms with Crippen molar-refractivity contribution in [2.75, 3.05) is 0 Å². The second kappa shape index (κ2) is 5.18. The fraction of sp³-hybridized carbons (Fsp3) is 0.250. The van der Waals surface area contributed by atoms with Crippen molar-refractivity contribution in [3.8, 4) is 11.1 Å². The van der Waals surface area contributed by atoms with Gasteiger partial charge in [-0.15, -0.1) is 5.10 Å². The quantitative estimate of drug-likeness (QED) is 0.750. The van der Waals surface area contributed by atoms with Crippen molar-refractivity contribution in [3.63, 3.8) is 0 Å². The number of hydrogen-bond donors (Lipinski definition) is 1. The fourth-order valence-electron chi connectivity index (χ4n) is 3.12. The molecule has 3 aromatic rings. The highest BCUT2D eigenvalue weighted by atomic mass is 35.5. The largest absolute Gasteiger partial charge is 0.277 e. The number of aromatic nitrogens is 4. The van der Waals surface area contributed by atoms with Crippen molar-refractivity contribution in [2.45, 2.75) is 25.7 Å². The molecule has 6 heteroatoms. The van der Waals surface area contributed by atoms with Crippen molar-refractivity contribution in [2.24, 2.45) is 0 Å². The number of H-pyrrole nitrogens is 1. The van der Waals surface area contributed by atoms with E-state index in [0.29, 0.717) is 16.1 Å². The third-order valence-electron chi connectivity index (χ3n) is 4.11. The highest BCUT2D eigenvalue weighted by Gasteiger charge is 2.21. The molecule has 0 spiro atoms. The molecule has 5 nitrogen and oxygen atoms in total. The maximum Gasteiger partial charge on any atom is 0.277 e. The summed E-state index contributed by atoms with van der Waals surface area (Å²) in [5.74, 6) is 0. The molecule has 0 unspecified atom stereocenters. The Morgan fingerprint density at radius 3 is 2.68 bits per heavy atom. The van der Waals surface area contributed by atoms with E-state index < -0.39 is 0 Å². The van der Waals surface area contributed by atoms with Crippen molar-refractivity contribution in [3.05, 3.63) is 50.9 Å². The molecule has 1 N–H and O–H groups in total. The first-order valence-corrected chi connectivity index (χ1v) is 7.64. The number of nitrogens with zero attached hydrogens (tertiary/aromatic N) is 3. The van der Waals surface area contributed by atoms with Gasteiger partial charge in [0.05, 0.1) is 5.39 Å². The Hall–Kier alpha value is -2.27. The second-order valence-corrected chi connectivity index (χ2v) is 5.90. The summed E-state index contributed by atoms with van der Waals surface area (Å²) in [5.41, 5.74) is 4.23. The monoisotopic (exact) mass is 312 g/mol. The van der Waals surface area contributed by atoms with Crippen LogP contribution in [0.15, 0.2) is 29.1 Å². The molecule has 0 fully saturated rings. The standard InChI is InChI=1S/C16H13ClN4O/c17-10-7-5-9(6-8-10)13-11-3-1-2-4-12(11)18-15-14(13)16(22)20-21-19-15/h5-8H,1-4H2,(H,18,19,20,22). The van der Waals surface area contributed by atoms with Crippen LogP contribution in [-0.4, -0.2) is 20.4 Å². The molecule has 0 saturated carbocycles. The lowest BCUT2D eigenvalue weighted by atomic mass is 9.88. The van der Waals surface area contributed by atoms with E-state index >= 15 is 0 Å². The molecule has 22 heavy (non-hydrogen) atoms. The van der Waals surface area contributed by atoms with Gasteiger partial charge in [-0.05, 0) is 48.9 Å². The number of hydrogen-bond acceptors (Lipinski definition) is 4. The van der Waals surface area contributed by atoms with Crippen LogP contribution in [0, 0.1) is 0 Å². The van der Waals surface area contributed by atoms with Crippen molar-refractivity contribution >= 4 is 22.6 Å². The lowest BCUT2D eigenvalue weighted by Gasteiger charge is -2.19. The molecule has 0 radical (unpaired) electrons. The zero-order valence-electron chi connectivity index (χ0n) is 11.8. The maximum absolute atomic E-state index is 12.3. The zero-order valence-corrected chi connectivity index (χ0v) is 12.5. The smallest absolute Gasteiger partial charge is 0.267 e. The lowest BCUT2D eigenvalue weighted by Crippen LogP contribution is -2.16. The number of aromatic amines is 1. The van der Waals surface area contributed by atoms with Gasteiger partial charge < -0.3 is 0 Å². The molecule has 4 rings (SSSR count). The van der Waals surface area contributed by atoms with E-state index in [0.717, 1.165) is 48.1 Å². The number of aryl methyl sites for hydroxylation is 1. The summed E-state index contributed by atoms with van der Waals surface area (Å²) in [6.45, 7) is 0. The summed E-state index contributed by atoms with van der Waals surface area (Å²) in [5, 5.41) is 11.3. The molecule has 2 aromatic heterocycles. The lowest BCUT2D eigenvalue weighted by molar-refractivity contribution is 0.670. The molecule has 2 heterocycles. The van der Waals surface area contributed by atoms with Gasteiger partial charge in [-0.3, -0.25) is 4.79 Å². The predicted molar refractivity (Wildman–Crippen MR) is 85.0 cm³/mol. The van der Waals surface area contributed by atoms with Crippen LogP contribution in [0.3, 0.4) is 0 Å². The molecule has 0 aliphatic heterocycles. The number of pyridine rings is 1. The van der Waals surface area contributed by atoms with Crippen LogP contribution in [-0.2, 0) is 12.8 Å². The molecule has 1 aromatic carbocycles. The summed E-state index contributed by atoms with van der Waals surface area (Å²) in [7, 11) is 0. The maximum atomic E-state index is 12.3. The van der Waals surface area contributed by atoms with E-state index in [1.165, 1.54) is 0 Å². The summed E-state index contributed by atoms with van der Waals surface area (Å²) in [6, 6.07) is 7.54. The molecule has 1 aliphatic rings. The zero-order chi connectivity index (χ0) is 15.1. The van der Waals surface area contributed by atoms with Crippen LogP contribution in [0.1, 0.15) is 24.1 Å². The minimum Gasteiger partial charge on any atom is -0.267 e. The van der Waals surface area contributed by atoms with Gasteiger partial charge in [0.1, 0.15) is 0 Å². The van der Waals surface area contributed by atoms with Gasteiger partial charge in [-0.2, -0.15) is 0 Å². The van der Waals surface area contributed by atoms with E-state index in [-0.39, 0.29) is 5.56 Å². The highest BCUT2D eigenvalue weighted by molar-refractivity contribution is 6.30. The van der Waals surface area contributed by atoms with Crippen molar-refractivity contribution < 1.29 is 0 Å². The number of rotatable bonds is 1. The second-order valence-electron chi connectivity index (χ2n) is 5.47. The average molecular weight is 313 g/mol. The number of halogens is 1. The van der Waals surface area contributed by atoms with Crippen molar-refractivity contribution in [1.82, 2.24) is 20.4 Å². The highest BCUT2D eigenvalue weighted by Crippen LogP contribution is 2.34. The number of nitrogens with one attached hydrogen (secondary N) is 1. The minimum atomic E-state index is -0.254. The first kappa shape index (κ1) is 13.4. The van der Waals surface area contributed by atoms with E-state index in [1.807, 2.05) is 24.3 Å². The molecular formula is C16H13ClN4O. The molecule has 0 saturated heterocycles. The molecule has 1 aliphatic carbocycles. The van der Waals surface area contributed by atoms with Crippen LogP contribution in [0.4, 0.5) is 0 Å².